The number of imidazole rings is 1. The number of aromatic nitrogens is 2. The van der Waals surface area contributed by atoms with Gasteiger partial charge in [-0.25, -0.2) is 4.98 Å². The monoisotopic (exact) mass is 385 g/mol. The van der Waals surface area contributed by atoms with Crippen LogP contribution in [0.2, 0.25) is 0 Å². The predicted molar refractivity (Wildman–Crippen MR) is 114 cm³/mol. The summed E-state index contributed by atoms with van der Waals surface area (Å²) in [5.41, 5.74) is 12.0. The molecule has 2 aromatic carbocycles. The molecule has 0 bridgehead atoms. The van der Waals surface area contributed by atoms with Crippen molar-refractivity contribution in [3.05, 3.63) is 84.7 Å². The molecule has 2 N–H and O–H groups in total. The average Bonchev–Trinajstić information content (AvgIpc) is 3.13. The minimum absolute atomic E-state index is 0.313. The van der Waals surface area contributed by atoms with Crippen LogP contribution in [0, 0.1) is 0 Å². The maximum absolute atomic E-state index is 12.1. The fourth-order valence-corrected chi connectivity index (χ4v) is 3.46. The summed E-state index contributed by atoms with van der Waals surface area (Å²) in [6, 6.07) is 23.6. The minimum atomic E-state index is -0.739. The molecule has 0 aliphatic heterocycles. The van der Waals surface area contributed by atoms with Gasteiger partial charge in [-0.15, -0.1) is 0 Å². The van der Waals surface area contributed by atoms with Crippen molar-refractivity contribution in [3.63, 3.8) is 0 Å². The first kappa shape index (κ1) is 18.9. The molecule has 5 heteroatoms. The molecule has 0 radical (unpaired) electrons. The molecule has 4 aromatic rings. The predicted octanol–water partition coefficient (Wildman–Crippen LogP) is 4.10. The summed E-state index contributed by atoms with van der Waals surface area (Å²) in [6.45, 7) is 2.09. The van der Waals surface area contributed by atoms with Gasteiger partial charge in [0.1, 0.15) is 11.7 Å². The molecular weight excluding hydrogens is 362 g/mol. The van der Waals surface area contributed by atoms with Gasteiger partial charge in [0, 0.05) is 18.2 Å². The number of rotatable bonds is 6. The maximum atomic E-state index is 12.1. The Kier molecular flexibility index (Phi) is 5.40. The Morgan fingerprint density at radius 3 is 2.34 bits per heavy atom. The summed E-state index contributed by atoms with van der Waals surface area (Å²) in [5.74, 6) is -0.399. The van der Waals surface area contributed by atoms with Crippen molar-refractivity contribution >= 4 is 11.6 Å². The summed E-state index contributed by atoms with van der Waals surface area (Å²) in [7, 11) is 0. The Morgan fingerprint density at radius 2 is 1.62 bits per heavy atom. The van der Waals surface area contributed by atoms with Crippen LogP contribution >= 0.6 is 0 Å². The van der Waals surface area contributed by atoms with Crippen LogP contribution in [0.1, 0.15) is 12.6 Å². The van der Waals surface area contributed by atoms with E-state index >= 15 is 0 Å². The van der Waals surface area contributed by atoms with Crippen molar-refractivity contribution in [2.45, 2.75) is 19.4 Å². The normalized spacial score (nSPS) is 12.1. The van der Waals surface area contributed by atoms with Crippen LogP contribution in [0.3, 0.4) is 0 Å². The number of esters is 1. The third-order valence-corrected chi connectivity index (χ3v) is 4.90. The summed E-state index contributed by atoms with van der Waals surface area (Å²) < 4.78 is 7.07. The standard InChI is InChI=1S/C24H23N3O2/c1-2-29-24(28)20(25)16-21-23(26-22-10-6-7-15-27(21)22)19-13-11-18(12-14-19)17-8-4-3-5-9-17/h3-15,20H,2,16,25H2,1H3. The second-order valence-electron chi connectivity index (χ2n) is 6.84. The van der Waals surface area contributed by atoms with Crippen molar-refractivity contribution in [3.8, 4) is 22.4 Å². The highest BCUT2D eigenvalue weighted by molar-refractivity contribution is 5.77. The summed E-state index contributed by atoms with van der Waals surface area (Å²) >= 11 is 0. The van der Waals surface area contributed by atoms with E-state index in [1.165, 1.54) is 5.56 Å². The Balaban J connectivity index is 1.72. The molecule has 146 valence electrons. The molecule has 5 nitrogen and oxygen atoms in total. The van der Waals surface area contributed by atoms with Crippen molar-refractivity contribution in [1.82, 2.24) is 9.38 Å². The van der Waals surface area contributed by atoms with Gasteiger partial charge >= 0.3 is 5.97 Å². The van der Waals surface area contributed by atoms with Gasteiger partial charge in [-0.1, -0.05) is 60.7 Å². The van der Waals surface area contributed by atoms with Crippen molar-refractivity contribution in [2.24, 2.45) is 5.73 Å². The van der Waals surface area contributed by atoms with E-state index in [1.54, 1.807) is 6.92 Å². The second-order valence-corrected chi connectivity index (χ2v) is 6.84. The number of ether oxygens (including phenoxy) is 1. The Morgan fingerprint density at radius 1 is 0.966 bits per heavy atom. The van der Waals surface area contributed by atoms with Crippen LogP contribution in [0.5, 0.6) is 0 Å². The lowest BCUT2D eigenvalue weighted by molar-refractivity contribution is -0.144. The highest BCUT2D eigenvalue weighted by Crippen LogP contribution is 2.28. The molecular formula is C24H23N3O2. The molecule has 29 heavy (non-hydrogen) atoms. The largest absolute Gasteiger partial charge is 0.465 e. The average molecular weight is 385 g/mol. The SMILES string of the molecule is CCOC(=O)C(N)Cc1c(-c2ccc(-c3ccccc3)cc2)nc2ccccn12. The first-order chi connectivity index (χ1) is 14.2. The zero-order chi connectivity index (χ0) is 20.2. The first-order valence-electron chi connectivity index (χ1n) is 9.71. The van der Waals surface area contributed by atoms with Crippen LogP contribution < -0.4 is 5.73 Å². The third-order valence-electron chi connectivity index (χ3n) is 4.90. The van der Waals surface area contributed by atoms with E-state index < -0.39 is 12.0 Å². The zero-order valence-corrected chi connectivity index (χ0v) is 16.3. The number of hydrogen-bond donors (Lipinski definition) is 1. The number of carbonyl (C=O) groups excluding carboxylic acids is 1. The zero-order valence-electron chi connectivity index (χ0n) is 16.3. The maximum Gasteiger partial charge on any atom is 0.323 e. The third kappa shape index (κ3) is 3.91. The molecule has 2 heterocycles. The number of hydrogen-bond acceptors (Lipinski definition) is 4. The molecule has 0 aliphatic rings. The van der Waals surface area contributed by atoms with Gasteiger partial charge in [-0.2, -0.15) is 0 Å². The van der Waals surface area contributed by atoms with E-state index in [0.717, 1.165) is 28.2 Å². The van der Waals surface area contributed by atoms with E-state index in [2.05, 4.69) is 36.4 Å². The topological polar surface area (TPSA) is 69.6 Å². The molecule has 0 saturated heterocycles. The first-order valence-corrected chi connectivity index (χ1v) is 9.71. The number of nitrogens with zero attached hydrogens (tertiary/aromatic N) is 2. The second kappa shape index (κ2) is 8.29. The Bertz CT molecular complexity index is 1120. The number of carbonyl (C=O) groups is 1. The van der Waals surface area contributed by atoms with Crippen LogP contribution in [0.15, 0.2) is 79.0 Å². The molecule has 4 rings (SSSR count). The van der Waals surface area contributed by atoms with Gasteiger partial charge in [-0.3, -0.25) is 4.79 Å². The van der Waals surface area contributed by atoms with Crippen LogP contribution in [-0.4, -0.2) is 28.0 Å². The van der Waals surface area contributed by atoms with Gasteiger partial charge in [0.25, 0.3) is 0 Å². The fourth-order valence-electron chi connectivity index (χ4n) is 3.46. The molecule has 0 spiro atoms. The fraction of sp³-hybridized carbons (Fsp3) is 0.167. The van der Waals surface area contributed by atoms with E-state index in [-0.39, 0.29) is 0 Å². The summed E-state index contributed by atoms with van der Waals surface area (Å²) in [6.07, 6.45) is 2.29. The molecule has 0 aliphatic carbocycles. The van der Waals surface area contributed by atoms with Crippen molar-refractivity contribution < 1.29 is 9.53 Å². The summed E-state index contributed by atoms with van der Waals surface area (Å²) in [4.78, 5) is 16.9. The number of nitrogens with two attached hydrogens (primary N) is 1. The molecule has 0 saturated carbocycles. The van der Waals surface area contributed by atoms with Crippen molar-refractivity contribution in [1.29, 1.82) is 0 Å². The van der Waals surface area contributed by atoms with E-state index in [9.17, 15) is 4.79 Å². The number of benzene rings is 2. The Labute approximate surface area is 169 Å². The Hall–Kier alpha value is -3.44. The van der Waals surface area contributed by atoms with Crippen molar-refractivity contribution in [2.75, 3.05) is 6.61 Å². The molecule has 2 aromatic heterocycles. The summed E-state index contributed by atoms with van der Waals surface area (Å²) in [5, 5.41) is 0. The minimum Gasteiger partial charge on any atom is -0.465 e. The van der Waals surface area contributed by atoms with E-state index in [1.807, 2.05) is 47.0 Å². The van der Waals surface area contributed by atoms with Gasteiger partial charge in [-0.05, 0) is 30.2 Å². The quantitative estimate of drug-likeness (QED) is 0.507. The van der Waals surface area contributed by atoms with Gasteiger partial charge in [0.15, 0.2) is 0 Å². The molecule has 0 amide bonds. The number of pyridine rings is 1. The lowest BCUT2D eigenvalue weighted by Crippen LogP contribution is -2.34. The number of fused-ring (bicyclic) bond motifs is 1. The van der Waals surface area contributed by atoms with Crippen LogP contribution in [-0.2, 0) is 16.0 Å². The lowest BCUT2D eigenvalue weighted by atomic mass is 10.0. The molecule has 0 fully saturated rings. The smallest absolute Gasteiger partial charge is 0.323 e. The van der Waals surface area contributed by atoms with Crippen LogP contribution in [0.25, 0.3) is 28.0 Å². The highest BCUT2D eigenvalue weighted by atomic mass is 16.5. The lowest BCUT2D eigenvalue weighted by Gasteiger charge is -2.12. The van der Waals surface area contributed by atoms with Gasteiger partial charge < -0.3 is 14.9 Å². The highest BCUT2D eigenvalue weighted by Gasteiger charge is 2.21. The van der Waals surface area contributed by atoms with E-state index in [4.69, 9.17) is 15.5 Å². The van der Waals surface area contributed by atoms with Gasteiger partial charge in [0.05, 0.1) is 18.0 Å². The van der Waals surface area contributed by atoms with Gasteiger partial charge in [0.2, 0.25) is 0 Å². The van der Waals surface area contributed by atoms with Crippen LogP contribution in [0.4, 0.5) is 0 Å². The molecule has 1 unspecified atom stereocenters. The van der Waals surface area contributed by atoms with E-state index in [0.29, 0.717) is 13.0 Å². The molecule has 1 atom stereocenters.